The first-order chi connectivity index (χ1) is 32.3. The quantitative estimate of drug-likeness (QED) is 0.0317. The van der Waals surface area contributed by atoms with Crippen LogP contribution in [0.25, 0.3) is 72.4 Å². The summed E-state index contributed by atoms with van der Waals surface area (Å²) >= 11 is 7.61. The van der Waals surface area contributed by atoms with Crippen molar-refractivity contribution in [3.05, 3.63) is 111 Å². The molecule has 0 aliphatic carbocycles. The lowest BCUT2D eigenvalue weighted by atomic mass is 10.0. The van der Waals surface area contributed by atoms with Gasteiger partial charge in [-0.25, -0.2) is 4.85 Å². The third kappa shape index (κ3) is 11.9. The number of thiophene rings is 4. The third-order valence-electron chi connectivity index (χ3n) is 13.1. The maximum Gasteiger partial charge on any atom is 0.333 e. The standard InChI is InChI=1S/C58H70N2O2S4/c1-7-12-16-20-26-40-34-45(39-48(59-6)58(61)62)63-55(40)51-37-42(28-22-18-14-9-3)57(65-51)53-38-43(29-23-19-15-10-4)56(66-53)52-36-41(27-21-17-13-8-2)54(64-52)44-32-33-50-47(35-44)46-30-24-25-31-49(46)60(50)11-5/h24-25,30-39H,7-23,26-29H2,1-5H3,(H,61,62)/b48-39-. The van der Waals surface area contributed by atoms with E-state index in [0.717, 1.165) is 43.5 Å². The zero-order valence-corrected chi connectivity index (χ0v) is 43.4. The Morgan fingerprint density at radius 3 is 1.48 bits per heavy atom. The van der Waals surface area contributed by atoms with Crippen molar-refractivity contribution in [2.45, 2.75) is 170 Å². The molecular formula is C58H70N2O2S4. The van der Waals surface area contributed by atoms with E-state index in [1.165, 1.54) is 180 Å². The highest BCUT2D eigenvalue weighted by atomic mass is 32.1. The van der Waals surface area contributed by atoms with Gasteiger partial charge in [0.15, 0.2) is 0 Å². The maximum atomic E-state index is 11.9. The largest absolute Gasteiger partial charge is 0.486 e. The number of aromatic nitrogens is 1. The molecule has 5 heterocycles. The third-order valence-corrected chi connectivity index (χ3v) is 18.3. The van der Waals surface area contributed by atoms with Crippen molar-refractivity contribution in [2.75, 3.05) is 0 Å². The Balaban J connectivity index is 1.34. The van der Waals surface area contributed by atoms with E-state index in [2.05, 4.69) is 111 Å². The number of hydrogen-bond acceptors (Lipinski definition) is 5. The fraction of sp³-hybridized carbons (Fsp3) is 0.448. The van der Waals surface area contributed by atoms with Crippen LogP contribution in [0.5, 0.6) is 0 Å². The van der Waals surface area contributed by atoms with Crippen LogP contribution in [0.2, 0.25) is 0 Å². The molecule has 4 nitrogen and oxygen atoms in total. The molecule has 7 rings (SSSR count). The Morgan fingerprint density at radius 2 is 1.00 bits per heavy atom. The van der Waals surface area contributed by atoms with Crippen molar-refractivity contribution in [3.8, 4) is 39.7 Å². The summed E-state index contributed by atoms with van der Waals surface area (Å²) in [6, 6.07) is 25.9. The van der Waals surface area contributed by atoms with Crippen molar-refractivity contribution < 1.29 is 9.90 Å². The molecule has 0 bridgehead atoms. The molecular weight excluding hydrogens is 885 g/mol. The Bertz CT molecular complexity index is 2760. The van der Waals surface area contributed by atoms with Crippen LogP contribution in [-0.2, 0) is 37.0 Å². The number of benzene rings is 2. The fourth-order valence-electron chi connectivity index (χ4n) is 9.54. The van der Waals surface area contributed by atoms with Crippen LogP contribution in [0.15, 0.2) is 72.4 Å². The number of unbranched alkanes of at least 4 members (excludes halogenated alkanes) is 12. The normalized spacial score (nSPS) is 12.0. The average Bonchev–Trinajstić information content (AvgIpc) is 4.17. The first-order valence-electron chi connectivity index (χ1n) is 25.2. The smallest absolute Gasteiger partial charge is 0.333 e. The predicted octanol–water partition coefficient (Wildman–Crippen LogP) is 19.6. The second kappa shape index (κ2) is 24.7. The molecule has 0 saturated heterocycles. The molecule has 0 fully saturated rings. The minimum Gasteiger partial charge on any atom is -0.486 e. The second-order valence-corrected chi connectivity index (χ2v) is 22.3. The summed E-state index contributed by atoms with van der Waals surface area (Å²) < 4.78 is 2.46. The van der Waals surface area contributed by atoms with Crippen molar-refractivity contribution in [1.82, 2.24) is 4.57 Å². The first-order valence-corrected chi connectivity index (χ1v) is 28.4. The van der Waals surface area contributed by atoms with Gasteiger partial charge in [-0.05, 0) is 135 Å². The van der Waals surface area contributed by atoms with E-state index in [4.69, 9.17) is 6.57 Å². The predicted molar refractivity (Wildman–Crippen MR) is 292 cm³/mol. The van der Waals surface area contributed by atoms with Gasteiger partial charge in [0.1, 0.15) is 0 Å². The number of para-hydroxylation sites is 1. The molecule has 0 amide bonds. The molecule has 0 aliphatic heterocycles. The minimum atomic E-state index is -1.17. The zero-order valence-electron chi connectivity index (χ0n) is 40.2. The number of hydrogen-bond donors (Lipinski definition) is 1. The Hall–Kier alpha value is -4.26. The highest BCUT2D eigenvalue weighted by molar-refractivity contribution is 7.29. The van der Waals surface area contributed by atoms with Crippen LogP contribution in [-0.4, -0.2) is 15.6 Å². The van der Waals surface area contributed by atoms with Crippen molar-refractivity contribution in [1.29, 1.82) is 0 Å². The summed E-state index contributed by atoms with van der Waals surface area (Å²) in [5, 5.41) is 12.4. The molecule has 0 atom stereocenters. The van der Waals surface area contributed by atoms with Gasteiger partial charge < -0.3 is 9.67 Å². The molecule has 348 valence electrons. The van der Waals surface area contributed by atoms with E-state index in [1.54, 1.807) is 17.4 Å². The lowest BCUT2D eigenvalue weighted by Gasteiger charge is -2.06. The number of fused-ring (bicyclic) bond motifs is 3. The molecule has 0 unspecified atom stereocenters. The summed E-state index contributed by atoms with van der Waals surface area (Å²) in [6.45, 7) is 19.9. The van der Waals surface area contributed by atoms with Crippen LogP contribution in [0.1, 0.15) is 164 Å². The van der Waals surface area contributed by atoms with Crippen molar-refractivity contribution in [2.24, 2.45) is 0 Å². The van der Waals surface area contributed by atoms with Gasteiger partial charge in [-0.15, -0.1) is 45.3 Å². The van der Waals surface area contributed by atoms with Gasteiger partial charge in [-0.3, -0.25) is 4.79 Å². The average molecular weight is 955 g/mol. The number of rotatable bonds is 27. The number of carboxylic acids is 1. The summed E-state index contributed by atoms with van der Waals surface area (Å²) in [7, 11) is 0. The Kier molecular flexibility index (Phi) is 18.6. The summed E-state index contributed by atoms with van der Waals surface area (Å²) in [6.07, 6.45) is 25.3. The highest BCUT2D eigenvalue weighted by Crippen LogP contribution is 2.50. The zero-order chi connectivity index (χ0) is 46.4. The Labute approximate surface area is 411 Å². The fourth-order valence-corrected chi connectivity index (χ4v) is 14.7. The molecule has 5 aromatic heterocycles. The van der Waals surface area contributed by atoms with Crippen molar-refractivity contribution in [3.63, 3.8) is 0 Å². The summed E-state index contributed by atoms with van der Waals surface area (Å²) in [5.41, 5.74) is 9.43. The molecule has 8 heteroatoms. The molecule has 7 aromatic rings. The van der Waals surface area contributed by atoms with Gasteiger partial charge in [-0.2, -0.15) is 0 Å². The van der Waals surface area contributed by atoms with E-state index < -0.39 is 5.97 Å². The molecule has 66 heavy (non-hydrogen) atoms. The van der Waals surface area contributed by atoms with Gasteiger partial charge in [0.2, 0.25) is 0 Å². The SMILES string of the molecule is [C-]#[N+]/C(=C\c1cc(CCCCCC)c(-c2cc(CCCCCC)c(-c3cc(CCCCCC)c(-c4cc(CCCCCC)c(-c5ccc6c(c5)c5ccccc5n6CC)s4)s3)s2)s1)C(=O)O. The van der Waals surface area contributed by atoms with Crippen LogP contribution in [0.3, 0.4) is 0 Å². The van der Waals surface area contributed by atoms with E-state index in [1.807, 2.05) is 34.0 Å². The van der Waals surface area contributed by atoms with E-state index in [0.29, 0.717) is 0 Å². The summed E-state index contributed by atoms with van der Waals surface area (Å²) in [5.74, 6) is -1.17. The lowest BCUT2D eigenvalue weighted by molar-refractivity contribution is -0.132. The number of carboxylic acid groups (broad SMARTS) is 1. The topological polar surface area (TPSA) is 46.6 Å². The minimum absolute atomic E-state index is 0.230. The van der Waals surface area contributed by atoms with Gasteiger partial charge >= 0.3 is 5.97 Å². The van der Waals surface area contributed by atoms with Crippen molar-refractivity contribution >= 4 is 79.2 Å². The molecule has 0 saturated carbocycles. The number of carbonyl (C=O) groups is 1. The first kappa shape index (κ1) is 49.6. The monoisotopic (exact) mass is 954 g/mol. The van der Waals surface area contributed by atoms with Gasteiger partial charge in [0.05, 0.1) is 6.57 Å². The van der Waals surface area contributed by atoms with Crippen LogP contribution in [0, 0.1) is 6.57 Å². The highest BCUT2D eigenvalue weighted by Gasteiger charge is 2.23. The van der Waals surface area contributed by atoms with E-state index >= 15 is 0 Å². The molecule has 1 N–H and O–H groups in total. The van der Waals surface area contributed by atoms with Crippen LogP contribution in [0.4, 0.5) is 0 Å². The Morgan fingerprint density at radius 1 is 0.545 bits per heavy atom. The summed E-state index contributed by atoms with van der Waals surface area (Å²) in [4.78, 5) is 25.7. The van der Waals surface area contributed by atoms with E-state index in [9.17, 15) is 9.90 Å². The number of nitrogens with zero attached hydrogens (tertiary/aromatic N) is 2. The number of aliphatic carboxylic acids is 1. The molecule has 2 aromatic carbocycles. The molecule has 0 spiro atoms. The maximum absolute atomic E-state index is 11.9. The van der Waals surface area contributed by atoms with Crippen LogP contribution < -0.4 is 0 Å². The molecule has 0 radical (unpaired) electrons. The number of aryl methyl sites for hydroxylation is 5. The van der Waals surface area contributed by atoms with E-state index in [-0.39, 0.29) is 5.70 Å². The lowest BCUT2D eigenvalue weighted by Crippen LogP contribution is -1.94. The van der Waals surface area contributed by atoms with Gasteiger partial charge in [0, 0.05) is 67.4 Å². The van der Waals surface area contributed by atoms with Crippen LogP contribution >= 0.6 is 45.3 Å². The molecule has 0 aliphatic rings. The van der Waals surface area contributed by atoms with Gasteiger partial charge in [-0.1, -0.05) is 129 Å². The van der Waals surface area contributed by atoms with Gasteiger partial charge in [0.25, 0.3) is 5.70 Å². The second-order valence-electron chi connectivity index (χ2n) is 18.1.